The number of hydrogen-bond acceptors (Lipinski definition) is 2. The lowest BCUT2D eigenvalue weighted by Crippen LogP contribution is -2.62. The molecule has 0 aromatic rings. The van der Waals surface area contributed by atoms with Crippen LogP contribution in [0.2, 0.25) is 0 Å². The van der Waals surface area contributed by atoms with Crippen LogP contribution in [0.3, 0.4) is 0 Å². The monoisotopic (exact) mass is 351 g/mol. The molecule has 6 heteroatoms. The normalized spacial score (nSPS) is 33.5. The van der Waals surface area contributed by atoms with Gasteiger partial charge in [-0.05, 0) is 81.6 Å². The molecule has 140 valence electrons. The molecule has 0 radical (unpaired) electrons. The number of allylic oxidation sites excluding steroid dienone is 1. The van der Waals surface area contributed by atoms with Gasteiger partial charge in [0.1, 0.15) is 0 Å². The van der Waals surface area contributed by atoms with Gasteiger partial charge >= 0.3 is 6.03 Å². The van der Waals surface area contributed by atoms with Gasteiger partial charge in [0.25, 0.3) is 5.91 Å². The molecule has 0 spiro atoms. The number of amides is 3. The molecule has 0 unspecified atom stereocenters. The van der Waals surface area contributed by atoms with Gasteiger partial charge in [0.05, 0.1) is 0 Å². The third kappa shape index (κ3) is 3.98. The number of carbonyl (C=O) groups is 2. The highest BCUT2D eigenvalue weighted by molar-refractivity contribution is 5.89. The van der Waals surface area contributed by atoms with Gasteiger partial charge in [-0.2, -0.15) is 0 Å². The average Bonchev–Trinajstić information content (AvgIpc) is 2.51. The van der Waals surface area contributed by atoms with Crippen LogP contribution in [-0.2, 0) is 4.79 Å². The predicted octanol–water partition coefficient (Wildman–Crippen LogP) is 3.24. The van der Waals surface area contributed by atoms with Crippen LogP contribution in [0.5, 0.6) is 0 Å². The molecule has 25 heavy (non-hydrogen) atoms. The molecule has 5 nitrogen and oxygen atoms in total. The number of nitrogens with two attached hydrogens (primary N) is 2. The number of nitrogens with zero attached hydrogens (tertiary/aromatic N) is 1. The first kappa shape index (κ1) is 18.2. The molecule has 4 saturated carbocycles. The van der Waals surface area contributed by atoms with Gasteiger partial charge in [0.2, 0.25) is 0 Å². The summed E-state index contributed by atoms with van der Waals surface area (Å²) >= 11 is 0. The number of halogens is 1. The van der Waals surface area contributed by atoms with E-state index in [4.69, 9.17) is 11.5 Å². The van der Waals surface area contributed by atoms with Gasteiger partial charge in [-0.3, -0.25) is 4.79 Å². The van der Waals surface area contributed by atoms with Crippen molar-refractivity contribution in [1.82, 2.24) is 4.90 Å². The third-order valence-electron chi connectivity index (χ3n) is 6.49. The SMILES string of the molecule is NC(=O)C(F)=CCCCCCN(C(N)=O)C12CC3CC(CC(C3)C1)C2. The molecule has 3 amide bonds. The van der Waals surface area contributed by atoms with Crippen molar-refractivity contribution < 1.29 is 14.0 Å². The predicted molar refractivity (Wildman–Crippen MR) is 94.0 cm³/mol. The molecule has 0 heterocycles. The fourth-order valence-electron chi connectivity index (χ4n) is 5.90. The molecular formula is C19H30FN3O2. The molecule has 4 N–H and O–H groups in total. The van der Waals surface area contributed by atoms with Crippen molar-refractivity contribution >= 4 is 11.9 Å². The van der Waals surface area contributed by atoms with Crippen LogP contribution >= 0.6 is 0 Å². The summed E-state index contributed by atoms with van der Waals surface area (Å²) in [5.74, 6) is 0.439. The lowest BCUT2D eigenvalue weighted by molar-refractivity contribution is -0.115. The largest absolute Gasteiger partial charge is 0.364 e. The molecule has 4 bridgehead atoms. The van der Waals surface area contributed by atoms with E-state index in [1.807, 2.05) is 4.90 Å². The maximum absolute atomic E-state index is 13.0. The Balaban J connectivity index is 1.50. The van der Waals surface area contributed by atoms with E-state index in [2.05, 4.69) is 0 Å². The van der Waals surface area contributed by atoms with E-state index >= 15 is 0 Å². The lowest BCUT2D eigenvalue weighted by Gasteiger charge is -2.60. The van der Waals surface area contributed by atoms with Crippen molar-refractivity contribution in [2.75, 3.05) is 6.54 Å². The Kier molecular flexibility index (Phi) is 5.35. The van der Waals surface area contributed by atoms with E-state index < -0.39 is 11.7 Å². The quantitative estimate of drug-likeness (QED) is 0.519. The summed E-state index contributed by atoms with van der Waals surface area (Å²) in [6, 6.07) is -0.290. The number of carbonyl (C=O) groups excluding carboxylic acids is 2. The Bertz CT molecular complexity index is 526. The van der Waals surface area contributed by atoms with E-state index in [1.54, 1.807) is 0 Å². The van der Waals surface area contributed by atoms with Crippen LogP contribution in [0.15, 0.2) is 11.9 Å². The summed E-state index contributed by atoms with van der Waals surface area (Å²) in [6.07, 6.45) is 11.6. The zero-order chi connectivity index (χ0) is 18.0. The first-order valence-corrected chi connectivity index (χ1v) is 9.62. The van der Waals surface area contributed by atoms with Gasteiger partial charge in [0, 0.05) is 12.1 Å². The summed E-state index contributed by atoms with van der Waals surface area (Å²) in [4.78, 5) is 24.7. The number of primary amides is 2. The second-order valence-corrected chi connectivity index (χ2v) is 8.40. The highest BCUT2D eigenvalue weighted by atomic mass is 19.1. The van der Waals surface area contributed by atoms with Crippen molar-refractivity contribution in [1.29, 1.82) is 0 Å². The molecule has 4 aliphatic rings. The Morgan fingerprint density at radius 3 is 2.04 bits per heavy atom. The number of rotatable bonds is 8. The second-order valence-electron chi connectivity index (χ2n) is 8.40. The van der Waals surface area contributed by atoms with Crippen LogP contribution in [0.4, 0.5) is 9.18 Å². The fourth-order valence-corrected chi connectivity index (χ4v) is 5.90. The Morgan fingerprint density at radius 1 is 1.00 bits per heavy atom. The second kappa shape index (κ2) is 7.34. The number of hydrogen-bond donors (Lipinski definition) is 2. The molecule has 0 aromatic carbocycles. The molecule has 4 fully saturated rings. The van der Waals surface area contributed by atoms with Crippen LogP contribution in [0.25, 0.3) is 0 Å². The molecule has 4 rings (SSSR count). The maximum Gasteiger partial charge on any atom is 0.315 e. The summed E-state index contributed by atoms with van der Waals surface area (Å²) in [5, 5.41) is 0. The average molecular weight is 351 g/mol. The zero-order valence-corrected chi connectivity index (χ0v) is 14.9. The van der Waals surface area contributed by atoms with Crippen LogP contribution in [-0.4, -0.2) is 28.9 Å². The summed E-state index contributed by atoms with van der Waals surface area (Å²) < 4.78 is 13.0. The fraction of sp³-hybridized carbons (Fsp3) is 0.789. The smallest absolute Gasteiger partial charge is 0.315 e. The van der Waals surface area contributed by atoms with E-state index in [9.17, 15) is 14.0 Å². The van der Waals surface area contributed by atoms with Gasteiger partial charge in [-0.1, -0.05) is 6.42 Å². The van der Waals surface area contributed by atoms with Gasteiger partial charge in [-0.25, -0.2) is 9.18 Å². The van der Waals surface area contributed by atoms with Crippen molar-refractivity contribution in [3.05, 3.63) is 11.9 Å². The lowest BCUT2D eigenvalue weighted by atomic mass is 9.52. The van der Waals surface area contributed by atoms with Gasteiger partial charge in [0.15, 0.2) is 5.83 Å². The van der Waals surface area contributed by atoms with Crippen LogP contribution in [0, 0.1) is 17.8 Å². The summed E-state index contributed by atoms with van der Waals surface area (Å²) in [6.45, 7) is 0.684. The minimum atomic E-state index is -1.01. The minimum absolute atomic E-state index is 0.00143. The molecule has 0 saturated heterocycles. The molecule has 0 aromatic heterocycles. The summed E-state index contributed by atoms with van der Waals surface area (Å²) in [7, 11) is 0. The first-order chi connectivity index (χ1) is 11.9. The topological polar surface area (TPSA) is 89.4 Å². The number of unbranched alkanes of at least 4 members (excludes halogenated alkanes) is 3. The minimum Gasteiger partial charge on any atom is -0.364 e. The van der Waals surface area contributed by atoms with Crippen molar-refractivity contribution in [3.8, 4) is 0 Å². The van der Waals surface area contributed by atoms with Crippen LogP contribution in [0.1, 0.15) is 64.2 Å². The standard InChI is InChI=1S/C19H30FN3O2/c20-16(17(21)24)5-3-1-2-4-6-23(18(22)25)19-10-13-7-14(11-19)9-15(8-13)12-19/h5,13-15H,1-4,6-12H2,(H2,21,24)(H2,22,25). The van der Waals surface area contributed by atoms with Crippen molar-refractivity contribution in [3.63, 3.8) is 0 Å². The Labute approximate surface area is 149 Å². The number of urea groups is 1. The Morgan fingerprint density at radius 2 is 1.56 bits per heavy atom. The highest BCUT2D eigenvalue weighted by Gasteiger charge is 2.54. The van der Waals surface area contributed by atoms with E-state index in [0.29, 0.717) is 13.0 Å². The van der Waals surface area contributed by atoms with E-state index in [-0.39, 0.29) is 11.6 Å². The molecule has 0 aliphatic heterocycles. The first-order valence-electron chi connectivity index (χ1n) is 9.62. The van der Waals surface area contributed by atoms with Gasteiger partial charge in [-0.15, -0.1) is 0 Å². The highest BCUT2D eigenvalue weighted by Crippen LogP contribution is 2.57. The van der Waals surface area contributed by atoms with Crippen molar-refractivity contribution in [2.45, 2.75) is 69.7 Å². The molecular weight excluding hydrogens is 321 g/mol. The molecule has 0 atom stereocenters. The third-order valence-corrected chi connectivity index (χ3v) is 6.49. The van der Waals surface area contributed by atoms with Crippen LogP contribution < -0.4 is 11.5 Å². The van der Waals surface area contributed by atoms with Crippen molar-refractivity contribution in [2.24, 2.45) is 29.2 Å². The van der Waals surface area contributed by atoms with Gasteiger partial charge < -0.3 is 16.4 Å². The van der Waals surface area contributed by atoms with E-state index in [0.717, 1.165) is 56.3 Å². The zero-order valence-electron chi connectivity index (χ0n) is 14.9. The van der Waals surface area contributed by atoms with E-state index in [1.165, 1.54) is 25.3 Å². The Hall–Kier alpha value is -1.59. The maximum atomic E-state index is 13.0. The molecule has 4 aliphatic carbocycles. The summed E-state index contributed by atoms with van der Waals surface area (Å²) in [5.41, 5.74) is 10.6.